The third-order valence-electron chi connectivity index (χ3n) is 7.81. The quantitative estimate of drug-likeness (QED) is 0.196. The first-order valence-electron chi connectivity index (χ1n) is 16.1. The average molecular weight is 698 g/mol. The number of esters is 3. The maximum Gasteiger partial charge on any atom is 0.526 e. The smallest absolute Gasteiger partial charge is 0.526 e. The van der Waals surface area contributed by atoms with E-state index in [0.717, 1.165) is 5.56 Å². The van der Waals surface area contributed by atoms with Crippen molar-refractivity contribution in [3.05, 3.63) is 46.5 Å². The molecule has 0 radical (unpaired) electrons. The summed E-state index contributed by atoms with van der Waals surface area (Å²) in [5.74, 6) is -1.31. The van der Waals surface area contributed by atoms with E-state index in [0.29, 0.717) is 35.7 Å². The van der Waals surface area contributed by atoms with Crippen molar-refractivity contribution in [2.75, 3.05) is 27.6 Å². The molecule has 0 aromatic heterocycles. The Kier molecular flexibility index (Phi) is 13.9. The van der Waals surface area contributed by atoms with Crippen molar-refractivity contribution in [2.24, 2.45) is 5.41 Å². The van der Waals surface area contributed by atoms with Crippen molar-refractivity contribution >= 4 is 43.7 Å². The van der Waals surface area contributed by atoms with Crippen LogP contribution in [0, 0.1) is 5.41 Å². The molecular formula is C34H44B2O14. The molecule has 0 amide bonds. The SMILES string of the molecule is CCOC(=O)c1cc(OC)cc2c1OB(O)[C@@H](CC(C)=O)C2.COc1cc2c(c(C(=O)OCOC(=O)C(C)(C)C)c1)OB(O)[C@@H](CC(C)=O)C2. The van der Waals surface area contributed by atoms with Gasteiger partial charge in [0.05, 0.1) is 26.2 Å². The highest BCUT2D eigenvalue weighted by molar-refractivity contribution is 6.47. The minimum Gasteiger partial charge on any atom is -0.535 e. The maximum atomic E-state index is 12.5. The van der Waals surface area contributed by atoms with Crippen molar-refractivity contribution < 1.29 is 67.0 Å². The zero-order valence-electron chi connectivity index (χ0n) is 29.7. The van der Waals surface area contributed by atoms with Gasteiger partial charge in [0.2, 0.25) is 6.79 Å². The summed E-state index contributed by atoms with van der Waals surface area (Å²) in [7, 11) is 0.600. The number of carbonyl (C=O) groups excluding carboxylic acids is 5. The summed E-state index contributed by atoms with van der Waals surface area (Å²) in [4.78, 5) is 59.0. The molecule has 14 nitrogen and oxygen atoms in total. The Bertz CT molecular complexity index is 1580. The molecule has 0 spiro atoms. The fraction of sp³-hybridized carbons (Fsp3) is 0.500. The summed E-state index contributed by atoms with van der Waals surface area (Å²) < 4.78 is 36.4. The molecule has 270 valence electrons. The van der Waals surface area contributed by atoms with Gasteiger partial charge in [-0.05, 0) is 89.8 Å². The molecule has 2 aliphatic heterocycles. The lowest BCUT2D eigenvalue weighted by Gasteiger charge is -2.28. The summed E-state index contributed by atoms with van der Waals surface area (Å²) in [5, 5.41) is 20.3. The summed E-state index contributed by atoms with van der Waals surface area (Å²) in [6.45, 7) is 9.36. The third-order valence-corrected chi connectivity index (χ3v) is 7.81. The minimum atomic E-state index is -1.23. The fourth-order valence-corrected chi connectivity index (χ4v) is 5.36. The Morgan fingerprint density at radius 1 is 0.740 bits per heavy atom. The second kappa shape index (κ2) is 17.4. The first-order chi connectivity index (χ1) is 23.5. The highest BCUT2D eigenvalue weighted by Gasteiger charge is 2.39. The van der Waals surface area contributed by atoms with Crippen molar-refractivity contribution in [1.29, 1.82) is 0 Å². The van der Waals surface area contributed by atoms with E-state index in [2.05, 4.69) is 0 Å². The van der Waals surface area contributed by atoms with Crippen LogP contribution in [0.2, 0.25) is 11.6 Å². The lowest BCUT2D eigenvalue weighted by molar-refractivity contribution is -0.161. The number of benzene rings is 2. The third kappa shape index (κ3) is 10.5. The zero-order chi connectivity index (χ0) is 37.3. The van der Waals surface area contributed by atoms with Crippen molar-refractivity contribution in [3.63, 3.8) is 0 Å². The van der Waals surface area contributed by atoms with Gasteiger partial charge in [-0.2, -0.15) is 0 Å². The number of ketones is 2. The molecule has 2 N–H and O–H groups in total. The van der Waals surface area contributed by atoms with Crippen LogP contribution in [0.4, 0.5) is 0 Å². The van der Waals surface area contributed by atoms with Gasteiger partial charge < -0.3 is 52.6 Å². The Balaban J connectivity index is 0.000000278. The van der Waals surface area contributed by atoms with Crippen LogP contribution in [-0.4, -0.2) is 81.4 Å². The average Bonchev–Trinajstić information content (AvgIpc) is 3.04. The topological polar surface area (TPSA) is 190 Å². The molecule has 2 aromatic carbocycles. The Labute approximate surface area is 291 Å². The monoisotopic (exact) mass is 698 g/mol. The molecule has 50 heavy (non-hydrogen) atoms. The van der Waals surface area contributed by atoms with Gasteiger partial charge in [0, 0.05) is 24.5 Å². The number of rotatable bonds is 11. The van der Waals surface area contributed by atoms with E-state index < -0.39 is 50.2 Å². The second-order valence-electron chi connectivity index (χ2n) is 13.0. The van der Waals surface area contributed by atoms with Crippen LogP contribution >= 0.6 is 0 Å². The number of ether oxygens (including phenoxy) is 5. The van der Waals surface area contributed by atoms with Gasteiger partial charge in [-0.25, -0.2) is 9.59 Å². The van der Waals surface area contributed by atoms with Crippen LogP contribution in [0.5, 0.6) is 23.0 Å². The maximum absolute atomic E-state index is 12.5. The van der Waals surface area contributed by atoms with Crippen LogP contribution in [0.1, 0.15) is 86.2 Å². The van der Waals surface area contributed by atoms with Gasteiger partial charge in [0.25, 0.3) is 0 Å². The molecule has 2 aliphatic rings. The van der Waals surface area contributed by atoms with Gasteiger partial charge in [-0.3, -0.25) is 4.79 Å². The number of carbonyl (C=O) groups is 5. The molecule has 0 saturated carbocycles. The first-order valence-corrected chi connectivity index (χ1v) is 16.1. The number of hydrogen-bond acceptors (Lipinski definition) is 14. The summed E-state index contributed by atoms with van der Waals surface area (Å²) >= 11 is 0. The Morgan fingerprint density at radius 3 is 1.52 bits per heavy atom. The molecule has 16 heteroatoms. The normalized spacial score (nSPS) is 16.2. The van der Waals surface area contributed by atoms with Crippen LogP contribution in [0.3, 0.4) is 0 Å². The molecule has 0 fully saturated rings. The highest BCUT2D eigenvalue weighted by atomic mass is 16.7. The predicted octanol–water partition coefficient (Wildman–Crippen LogP) is 3.80. The van der Waals surface area contributed by atoms with Crippen LogP contribution in [0.25, 0.3) is 0 Å². The predicted molar refractivity (Wildman–Crippen MR) is 180 cm³/mol. The zero-order valence-corrected chi connectivity index (χ0v) is 29.7. The molecular weight excluding hydrogens is 654 g/mol. The first kappa shape index (κ1) is 39.9. The number of methoxy groups -OCH3 is 2. The molecule has 2 aromatic rings. The highest BCUT2D eigenvalue weighted by Crippen LogP contribution is 2.40. The number of fused-ring (bicyclic) bond motifs is 2. The van der Waals surface area contributed by atoms with Crippen molar-refractivity contribution in [2.45, 2.75) is 78.9 Å². The van der Waals surface area contributed by atoms with E-state index in [1.165, 1.54) is 40.2 Å². The van der Waals surface area contributed by atoms with Crippen LogP contribution in [-0.2, 0) is 41.4 Å². The number of Topliss-reactive ketones (excluding diaryl/α,β-unsaturated/α-hetero) is 2. The van der Waals surface area contributed by atoms with E-state index in [-0.39, 0.29) is 53.7 Å². The van der Waals surface area contributed by atoms with Gasteiger partial charge in [-0.1, -0.05) is 0 Å². The summed E-state index contributed by atoms with van der Waals surface area (Å²) in [6.07, 6.45) is 1.14. The molecule has 0 saturated heterocycles. The Morgan fingerprint density at radius 2 is 1.16 bits per heavy atom. The molecule has 0 unspecified atom stereocenters. The Hall–Kier alpha value is -4.56. The molecule has 2 heterocycles. The van der Waals surface area contributed by atoms with Gasteiger partial charge in [0.1, 0.15) is 45.7 Å². The molecule has 0 aliphatic carbocycles. The molecule has 2 atom stereocenters. The van der Waals surface area contributed by atoms with E-state index in [9.17, 15) is 34.0 Å². The fourth-order valence-electron chi connectivity index (χ4n) is 5.36. The second-order valence-corrected chi connectivity index (χ2v) is 13.0. The lowest BCUT2D eigenvalue weighted by atomic mass is 9.64. The number of hydrogen-bond donors (Lipinski definition) is 2. The van der Waals surface area contributed by atoms with E-state index in [1.807, 2.05) is 0 Å². The van der Waals surface area contributed by atoms with Gasteiger partial charge in [-0.15, -0.1) is 0 Å². The summed E-state index contributed by atoms with van der Waals surface area (Å²) in [5.41, 5.74) is 0.881. The molecule has 4 rings (SSSR count). The van der Waals surface area contributed by atoms with Gasteiger partial charge in [0.15, 0.2) is 0 Å². The van der Waals surface area contributed by atoms with E-state index >= 15 is 0 Å². The van der Waals surface area contributed by atoms with Gasteiger partial charge >= 0.3 is 32.1 Å². The standard InChI is InChI=1S/C19H25BO8.C15H19BO6/c1-11(21)6-13-7-12-8-14(25-5)9-15(16(12)28-20(13)24)17(22)26-10-27-18(23)19(2,3)4;1-4-21-15(18)13-8-12(20-3)7-10-6-11(5-9(2)17)16(19)22-14(10)13/h8-9,13,24H,6-7,10H2,1-5H3;7-8,11,19H,4-6H2,1-3H3/t13-;11-/m00/s1. The van der Waals surface area contributed by atoms with Crippen molar-refractivity contribution in [3.8, 4) is 23.0 Å². The lowest BCUT2D eigenvalue weighted by Crippen LogP contribution is -2.35. The molecule has 0 bridgehead atoms. The van der Waals surface area contributed by atoms with Crippen LogP contribution in [0.15, 0.2) is 24.3 Å². The van der Waals surface area contributed by atoms with Crippen LogP contribution < -0.4 is 18.8 Å². The summed E-state index contributed by atoms with van der Waals surface area (Å²) in [6, 6.07) is 6.38. The van der Waals surface area contributed by atoms with E-state index in [4.69, 9.17) is 33.0 Å². The van der Waals surface area contributed by atoms with E-state index in [1.54, 1.807) is 39.8 Å². The largest absolute Gasteiger partial charge is 0.535 e. The van der Waals surface area contributed by atoms with Crippen molar-refractivity contribution in [1.82, 2.24) is 0 Å². The minimum absolute atomic E-state index is 0.0235.